The molecule has 8 heteroatoms. The highest BCUT2D eigenvalue weighted by molar-refractivity contribution is 5.81. The molecule has 0 aliphatic heterocycles. The van der Waals surface area contributed by atoms with E-state index in [0.717, 1.165) is 16.5 Å². The average Bonchev–Trinajstić information content (AvgIpc) is 3.19. The highest BCUT2D eigenvalue weighted by atomic mass is 19.3. The number of aromatic nitrogens is 3. The topological polar surface area (TPSA) is 70.3 Å². The molecule has 0 amide bonds. The molecule has 0 bridgehead atoms. The zero-order valence-electron chi connectivity index (χ0n) is 15.7. The third-order valence-corrected chi connectivity index (χ3v) is 4.20. The van der Waals surface area contributed by atoms with Crippen LogP contribution >= 0.6 is 0 Å². The minimum atomic E-state index is -2.95. The van der Waals surface area contributed by atoms with Crippen LogP contribution in [0.3, 0.4) is 0 Å². The second kappa shape index (κ2) is 7.83. The van der Waals surface area contributed by atoms with Gasteiger partial charge in [-0.1, -0.05) is 17.7 Å². The van der Waals surface area contributed by atoms with E-state index in [-0.39, 0.29) is 23.3 Å². The van der Waals surface area contributed by atoms with Crippen LogP contribution in [0.5, 0.6) is 11.5 Å². The lowest BCUT2D eigenvalue weighted by molar-refractivity contribution is -0.0514. The molecule has 0 aliphatic carbocycles. The van der Waals surface area contributed by atoms with E-state index in [1.165, 1.54) is 12.1 Å². The summed E-state index contributed by atoms with van der Waals surface area (Å²) in [5.74, 6) is 0.588. The number of halogens is 2. The molecule has 2 heterocycles. The maximum absolute atomic E-state index is 12.6. The Balaban J connectivity index is 1.66. The highest BCUT2D eigenvalue weighted by Crippen LogP contribution is 2.34. The average molecular weight is 397 g/mol. The SMILES string of the molecule is CCOc1cc(-c2nnc(-c3ccc4cc(C)ccc4n3)o2)ccc1OC(F)F. The molecule has 0 spiro atoms. The third-order valence-electron chi connectivity index (χ3n) is 4.20. The predicted octanol–water partition coefficient (Wildman–Crippen LogP) is 5.26. The molecule has 0 aliphatic rings. The minimum absolute atomic E-state index is 0.0585. The Morgan fingerprint density at radius 3 is 2.59 bits per heavy atom. The lowest BCUT2D eigenvalue weighted by atomic mass is 10.1. The van der Waals surface area contributed by atoms with Crippen LogP contribution < -0.4 is 9.47 Å². The van der Waals surface area contributed by atoms with Gasteiger partial charge in [0.15, 0.2) is 11.5 Å². The summed E-state index contributed by atoms with van der Waals surface area (Å²) >= 11 is 0. The van der Waals surface area contributed by atoms with E-state index in [4.69, 9.17) is 9.15 Å². The van der Waals surface area contributed by atoms with E-state index in [9.17, 15) is 8.78 Å². The summed E-state index contributed by atoms with van der Waals surface area (Å²) < 4.78 is 40.7. The molecule has 148 valence electrons. The van der Waals surface area contributed by atoms with Crippen molar-refractivity contribution in [1.29, 1.82) is 0 Å². The molecular formula is C21H17F2N3O3. The molecule has 0 unspecified atom stereocenters. The summed E-state index contributed by atoms with van der Waals surface area (Å²) in [6.45, 7) is 1.11. The normalized spacial score (nSPS) is 11.2. The number of rotatable bonds is 6. The minimum Gasteiger partial charge on any atom is -0.490 e. The maximum atomic E-state index is 12.6. The summed E-state index contributed by atoms with van der Waals surface area (Å²) in [5, 5.41) is 9.13. The number of nitrogens with zero attached hydrogens (tertiary/aromatic N) is 3. The van der Waals surface area contributed by atoms with E-state index >= 15 is 0 Å². The van der Waals surface area contributed by atoms with Gasteiger partial charge in [0.05, 0.1) is 12.1 Å². The molecule has 0 fully saturated rings. The molecule has 0 saturated heterocycles. The number of hydrogen-bond donors (Lipinski definition) is 0. The van der Waals surface area contributed by atoms with Gasteiger partial charge in [0.25, 0.3) is 5.89 Å². The predicted molar refractivity (Wildman–Crippen MR) is 103 cm³/mol. The lowest BCUT2D eigenvalue weighted by Gasteiger charge is -2.11. The Hall–Kier alpha value is -3.55. The van der Waals surface area contributed by atoms with Gasteiger partial charge < -0.3 is 13.9 Å². The number of alkyl halides is 2. The van der Waals surface area contributed by atoms with E-state index in [2.05, 4.69) is 19.9 Å². The van der Waals surface area contributed by atoms with E-state index in [1.54, 1.807) is 13.0 Å². The van der Waals surface area contributed by atoms with Crippen LogP contribution in [-0.4, -0.2) is 28.4 Å². The third kappa shape index (κ3) is 4.01. The first-order valence-corrected chi connectivity index (χ1v) is 8.97. The molecule has 2 aromatic heterocycles. The maximum Gasteiger partial charge on any atom is 0.387 e. The monoisotopic (exact) mass is 397 g/mol. The Bertz CT molecular complexity index is 1160. The number of benzene rings is 2. The van der Waals surface area contributed by atoms with Crippen LogP contribution in [0.15, 0.2) is 52.9 Å². The molecule has 2 aromatic carbocycles. The van der Waals surface area contributed by atoms with Crippen LogP contribution in [0.1, 0.15) is 12.5 Å². The first-order valence-electron chi connectivity index (χ1n) is 8.97. The second-order valence-corrected chi connectivity index (χ2v) is 6.28. The molecule has 4 rings (SSSR count). The smallest absolute Gasteiger partial charge is 0.387 e. The van der Waals surface area contributed by atoms with Crippen molar-refractivity contribution in [2.24, 2.45) is 0 Å². The molecule has 0 radical (unpaired) electrons. The van der Waals surface area contributed by atoms with Gasteiger partial charge in [-0.15, -0.1) is 10.2 Å². The lowest BCUT2D eigenvalue weighted by Crippen LogP contribution is -2.04. The fraction of sp³-hybridized carbons (Fsp3) is 0.190. The first-order chi connectivity index (χ1) is 14.0. The van der Waals surface area contributed by atoms with Crippen LogP contribution in [-0.2, 0) is 0 Å². The van der Waals surface area contributed by atoms with Gasteiger partial charge in [0.1, 0.15) is 5.69 Å². The summed E-state index contributed by atoms with van der Waals surface area (Å²) in [6, 6.07) is 14.2. The van der Waals surface area contributed by atoms with E-state index < -0.39 is 6.61 Å². The number of aryl methyl sites for hydroxylation is 1. The van der Waals surface area contributed by atoms with Crippen LogP contribution in [0.2, 0.25) is 0 Å². The zero-order chi connectivity index (χ0) is 20.4. The number of ether oxygens (including phenoxy) is 2. The number of pyridine rings is 1. The number of fused-ring (bicyclic) bond motifs is 1. The summed E-state index contributed by atoms with van der Waals surface area (Å²) in [5.41, 5.74) is 3.03. The highest BCUT2D eigenvalue weighted by Gasteiger charge is 2.16. The van der Waals surface area contributed by atoms with Crippen LogP contribution in [0, 0.1) is 6.92 Å². The van der Waals surface area contributed by atoms with Crippen molar-refractivity contribution in [1.82, 2.24) is 15.2 Å². The molecule has 6 nitrogen and oxygen atoms in total. The van der Waals surface area contributed by atoms with Crippen molar-refractivity contribution >= 4 is 10.9 Å². The molecule has 0 saturated carbocycles. The van der Waals surface area contributed by atoms with E-state index in [0.29, 0.717) is 17.9 Å². The Kier molecular flexibility index (Phi) is 5.07. The second-order valence-electron chi connectivity index (χ2n) is 6.28. The first kappa shape index (κ1) is 18.8. The largest absolute Gasteiger partial charge is 0.490 e. The summed E-state index contributed by atoms with van der Waals surface area (Å²) in [7, 11) is 0. The quantitative estimate of drug-likeness (QED) is 0.442. The Morgan fingerprint density at radius 1 is 0.966 bits per heavy atom. The molecule has 0 atom stereocenters. The van der Waals surface area contributed by atoms with Crippen molar-refractivity contribution in [2.45, 2.75) is 20.5 Å². The zero-order valence-corrected chi connectivity index (χ0v) is 15.7. The number of hydrogen-bond acceptors (Lipinski definition) is 6. The van der Waals surface area contributed by atoms with Crippen molar-refractivity contribution in [3.8, 4) is 34.5 Å². The van der Waals surface area contributed by atoms with E-state index in [1.807, 2.05) is 37.3 Å². The van der Waals surface area contributed by atoms with Crippen molar-refractivity contribution in [2.75, 3.05) is 6.61 Å². The Morgan fingerprint density at radius 2 is 1.79 bits per heavy atom. The van der Waals surface area contributed by atoms with Gasteiger partial charge in [0.2, 0.25) is 5.89 Å². The van der Waals surface area contributed by atoms with Crippen molar-refractivity contribution in [3.05, 3.63) is 54.1 Å². The van der Waals surface area contributed by atoms with Crippen LogP contribution in [0.25, 0.3) is 33.9 Å². The molecule has 4 aromatic rings. The Labute approximate surface area is 165 Å². The van der Waals surface area contributed by atoms with Gasteiger partial charge in [-0.05, 0) is 50.2 Å². The summed E-state index contributed by atoms with van der Waals surface area (Å²) in [4.78, 5) is 4.56. The van der Waals surface area contributed by atoms with Crippen molar-refractivity contribution in [3.63, 3.8) is 0 Å². The molecule has 29 heavy (non-hydrogen) atoms. The van der Waals surface area contributed by atoms with Crippen LogP contribution in [0.4, 0.5) is 8.78 Å². The summed E-state index contributed by atoms with van der Waals surface area (Å²) in [6.07, 6.45) is 0. The molecule has 0 N–H and O–H groups in total. The van der Waals surface area contributed by atoms with Gasteiger partial charge in [0, 0.05) is 10.9 Å². The van der Waals surface area contributed by atoms with Gasteiger partial charge >= 0.3 is 6.61 Å². The van der Waals surface area contributed by atoms with Gasteiger partial charge in [-0.25, -0.2) is 4.98 Å². The fourth-order valence-electron chi connectivity index (χ4n) is 2.91. The standard InChI is InChI=1S/C21H17F2N3O3/c1-3-27-18-11-14(6-9-17(18)28-21(22)23)19-25-26-20(29-19)16-8-5-13-10-12(2)4-7-15(13)24-16/h4-11,21H,3H2,1-2H3. The van der Waals surface area contributed by atoms with Gasteiger partial charge in [-0.3, -0.25) is 0 Å². The van der Waals surface area contributed by atoms with Crippen molar-refractivity contribution < 1.29 is 22.7 Å². The molecular weight excluding hydrogens is 380 g/mol. The fourth-order valence-corrected chi connectivity index (χ4v) is 2.91. The van der Waals surface area contributed by atoms with Gasteiger partial charge in [-0.2, -0.15) is 8.78 Å².